The molecule has 17 heavy (non-hydrogen) atoms. The smallest absolute Gasteiger partial charge is 0.0914 e. The molecule has 2 nitrogen and oxygen atoms in total. The van der Waals surface area contributed by atoms with E-state index in [2.05, 4.69) is 41.2 Å². The summed E-state index contributed by atoms with van der Waals surface area (Å²) in [5.41, 5.74) is 2.30. The molecule has 1 rings (SSSR count). The third kappa shape index (κ3) is 3.80. The van der Waals surface area contributed by atoms with E-state index < -0.39 is 6.10 Å². The van der Waals surface area contributed by atoms with Crippen LogP contribution in [0.2, 0.25) is 0 Å². The van der Waals surface area contributed by atoms with Gasteiger partial charge >= 0.3 is 0 Å². The molecule has 1 aromatic rings. The molecular formula is C14H22BrNO. The molecule has 2 N–H and O–H groups in total. The summed E-state index contributed by atoms with van der Waals surface area (Å²) >= 11 is 3.62. The van der Waals surface area contributed by atoms with Gasteiger partial charge in [0.25, 0.3) is 0 Å². The van der Waals surface area contributed by atoms with Crippen LogP contribution in [-0.4, -0.2) is 18.7 Å². The van der Waals surface area contributed by atoms with Crippen molar-refractivity contribution < 1.29 is 5.11 Å². The quantitative estimate of drug-likeness (QED) is 0.841. The first kappa shape index (κ1) is 14.7. The van der Waals surface area contributed by atoms with Crippen molar-refractivity contribution in [3.8, 4) is 0 Å². The minimum absolute atomic E-state index is 0.438. The van der Waals surface area contributed by atoms with Gasteiger partial charge in [0.05, 0.1) is 6.10 Å². The first-order valence-corrected chi connectivity index (χ1v) is 7.05. The lowest BCUT2D eigenvalue weighted by Crippen LogP contribution is -2.16. The predicted octanol–water partition coefficient (Wildman–Crippen LogP) is 3.61. The number of halogens is 1. The summed E-state index contributed by atoms with van der Waals surface area (Å²) in [4.78, 5) is 0. The third-order valence-electron chi connectivity index (χ3n) is 3.23. The van der Waals surface area contributed by atoms with Crippen molar-refractivity contribution in [3.05, 3.63) is 33.8 Å². The zero-order valence-corrected chi connectivity index (χ0v) is 12.4. The van der Waals surface area contributed by atoms with Crippen LogP contribution in [0.5, 0.6) is 0 Å². The molecule has 0 saturated heterocycles. The molecule has 0 spiro atoms. The number of rotatable bonds is 6. The van der Waals surface area contributed by atoms with Crippen LogP contribution in [0.25, 0.3) is 0 Å². The highest BCUT2D eigenvalue weighted by molar-refractivity contribution is 9.10. The average molecular weight is 300 g/mol. The van der Waals surface area contributed by atoms with Crippen LogP contribution in [0.3, 0.4) is 0 Å². The van der Waals surface area contributed by atoms with Crippen LogP contribution in [0.1, 0.15) is 49.8 Å². The maximum atomic E-state index is 9.91. The molecule has 96 valence electrons. The summed E-state index contributed by atoms with van der Waals surface area (Å²) in [5, 5.41) is 12.9. The fourth-order valence-corrected chi connectivity index (χ4v) is 2.84. The van der Waals surface area contributed by atoms with Gasteiger partial charge < -0.3 is 10.4 Å². The number of aliphatic hydroxyl groups excluding tert-OH is 1. The predicted molar refractivity (Wildman–Crippen MR) is 76.4 cm³/mol. The van der Waals surface area contributed by atoms with Crippen molar-refractivity contribution >= 4 is 15.9 Å². The molecule has 0 radical (unpaired) electrons. The summed E-state index contributed by atoms with van der Waals surface area (Å²) in [5.74, 6) is 0.597. The van der Waals surface area contributed by atoms with Crippen molar-refractivity contribution in [3.63, 3.8) is 0 Å². The van der Waals surface area contributed by atoms with Crippen molar-refractivity contribution in [1.82, 2.24) is 5.32 Å². The van der Waals surface area contributed by atoms with Gasteiger partial charge in [0, 0.05) is 11.0 Å². The van der Waals surface area contributed by atoms with Crippen LogP contribution in [0.4, 0.5) is 0 Å². The second kappa shape index (κ2) is 7.14. The molecule has 3 heteroatoms. The van der Waals surface area contributed by atoms with E-state index in [4.69, 9.17) is 0 Å². The number of likely N-dealkylation sites (N-methyl/N-ethyl adjacent to an activating group) is 1. The maximum absolute atomic E-state index is 9.91. The van der Waals surface area contributed by atoms with Gasteiger partial charge in [-0.05, 0) is 43.0 Å². The number of hydrogen-bond donors (Lipinski definition) is 2. The van der Waals surface area contributed by atoms with Gasteiger partial charge in [-0.25, -0.2) is 0 Å². The molecule has 0 aliphatic carbocycles. The maximum Gasteiger partial charge on any atom is 0.0914 e. The van der Waals surface area contributed by atoms with Crippen LogP contribution in [-0.2, 0) is 0 Å². The van der Waals surface area contributed by atoms with Crippen LogP contribution in [0.15, 0.2) is 22.7 Å². The van der Waals surface area contributed by atoms with Crippen molar-refractivity contribution in [2.45, 2.75) is 38.7 Å². The summed E-state index contributed by atoms with van der Waals surface area (Å²) in [6.07, 6.45) is 1.85. The Morgan fingerprint density at radius 3 is 2.41 bits per heavy atom. The largest absolute Gasteiger partial charge is 0.387 e. The van der Waals surface area contributed by atoms with Gasteiger partial charge in [0.2, 0.25) is 0 Å². The van der Waals surface area contributed by atoms with E-state index in [1.54, 1.807) is 0 Å². The summed E-state index contributed by atoms with van der Waals surface area (Å²) in [6.45, 7) is 5.01. The van der Waals surface area contributed by atoms with E-state index >= 15 is 0 Å². The number of aliphatic hydroxyl groups is 1. The molecule has 0 bridgehead atoms. The topological polar surface area (TPSA) is 32.3 Å². The van der Waals surface area contributed by atoms with E-state index in [0.29, 0.717) is 12.5 Å². The molecule has 0 saturated carbocycles. The van der Waals surface area contributed by atoms with E-state index in [1.165, 1.54) is 5.56 Å². The standard InChI is InChI=1S/C14H22BrNO/c1-4-10(5-2)12-7-6-11(8-13(12)15)14(17)9-16-3/h6-8,10,14,16-17H,4-5,9H2,1-3H3. The Balaban J connectivity index is 2.92. The molecule has 0 aromatic heterocycles. The lowest BCUT2D eigenvalue weighted by atomic mass is 9.92. The van der Waals surface area contributed by atoms with Gasteiger partial charge in [-0.15, -0.1) is 0 Å². The van der Waals surface area contributed by atoms with Crippen LogP contribution < -0.4 is 5.32 Å². The number of hydrogen-bond acceptors (Lipinski definition) is 2. The molecule has 0 aliphatic rings. The number of nitrogens with one attached hydrogen (secondary N) is 1. The molecular weight excluding hydrogens is 278 g/mol. The second-order valence-electron chi connectivity index (χ2n) is 4.37. The highest BCUT2D eigenvalue weighted by Crippen LogP contribution is 2.31. The lowest BCUT2D eigenvalue weighted by molar-refractivity contribution is 0.177. The normalized spacial score (nSPS) is 13.1. The summed E-state index contributed by atoms with van der Waals surface area (Å²) < 4.78 is 1.11. The molecule has 1 atom stereocenters. The van der Waals surface area contributed by atoms with E-state index in [0.717, 1.165) is 22.9 Å². The first-order valence-electron chi connectivity index (χ1n) is 6.26. The minimum atomic E-state index is -0.438. The SMILES string of the molecule is CCC(CC)c1ccc(C(O)CNC)cc1Br. The Labute approximate surface area is 113 Å². The Morgan fingerprint density at radius 1 is 1.29 bits per heavy atom. The molecule has 0 aliphatic heterocycles. The fourth-order valence-electron chi connectivity index (χ4n) is 2.12. The summed E-state index contributed by atoms with van der Waals surface area (Å²) in [7, 11) is 1.84. The molecule has 0 heterocycles. The van der Waals surface area contributed by atoms with Gasteiger partial charge in [0.1, 0.15) is 0 Å². The first-order chi connectivity index (χ1) is 8.13. The van der Waals surface area contributed by atoms with Crippen LogP contribution in [0, 0.1) is 0 Å². The minimum Gasteiger partial charge on any atom is -0.387 e. The highest BCUT2D eigenvalue weighted by atomic mass is 79.9. The van der Waals surface area contributed by atoms with Crippen molar-refractivity contribution in [2.24, 2.45) is 0 Å². The van der Waals surface area contributed by atoms with Gasteiger partial charge in [0.15, 0.2) is 0 Å². The fraction of sp³-hybridized carbons (Fsp3) is 0.571. The number of benzene rings is 1. The van der Waals surface area contributed by atoms with E-state index in [9.17, 15) is 5.11 Å². The van der Waals surface area contributed by atoms with Gasteiger partial charge in [-0.1, -0.05) is 41.9 Å². The molecule has 0 fully saturated rings. The lowest BCUT2D eigenvalue weighted by Gasteiger charge is -2.17. The zero-order chi connectivity index (χ0) is 12.8. The molecule has 1 unspecified atom stereocenters. The Morgan fingerprint density at radius 2 is 1.94 bits per heavy atom. The second-order valence-corrected chi connectivity index (χ2v) is 5.22. The van der Waals surface area contributed by atoms with Gasteiger partial charge in [-0.2, -0.15) is 0 Å². The molecule has 0 amide bonds. The Kier molecular flexibility index (Phi) is 6.17. The Hall–Kier alpha value is -0.380. The molecule has 1 aromatic carbocycles. The van der Waals surface area contributed by atoms with Gasteiger partial charge in [-0.3, -0.25) is 0 Å². The Bertz CT molecular complexity index is 350. The van der Waals surface area contributed by atoms with E-state index in [-0.39, 0.29) is 0 Å². The van der Waals surface area contributed by atoms with Crippen molar-refractivity contribution in [1.29, 1.82) is 0 Å². The van der Waals surface area contributed by atoms with Crippen molar-refractivity contribution in [2.75, 3.05) is 13.6 Å². The average Bonchev–Trinajstić information content (AvgIpc) is 2.32. The third-order valence-corrected chi connectivity index (χ3v) is 3.92. The zero-order valence-electron chi connectivity index (χ0n) is 10.8. The van der Waals surface area contributed by atoms with E-state index in [1.807, 2.05) is 19.2 Å². The monoisotopic (exact) mass is 299 g/mol. The highest BCUT2D eigenvalue weighted by Gasteiger charge is 2.13. The van der Waals surface area contributed by atoms with Crippen LogP contribution >= 0.6 is 15.9 Å². The summed E-state index contributed by atoms with van der Waals surface area (Å²) in [6, 6.07) is 6.20.